The van der Waals surface area contributed by atoms with Gasteiger partial charge in [-0.25, -0.2) is 4.79 Å². The lowest BCUT2D eigenvalue weighted by atomic mass is 9.97. The number of likely N-dealkylation sites (tertiary alicyclic amines) is 1. The Bertz CT molecular complexity index is 272. The zero-order valence-electron chi connectivity index (χ0n) is 10.5. The first-order valence-electron chi connectivity index (χ1n) is 6.51. The van der Waals surface area contributed by atoms with Gasteiger partial charge in [0.2, 0.25) is 0 Å². The van der Waals surface area contributed by atoms with Crippen molar-refractivity contribution in [2.75, 3.05) is 39.3 Å². The molecule has 2 atom stereocenters. The molecule has 0 aromatic carbocycles. The number of ether oxygens (including phenoxy) is 1. The minimum atomic E-state index is -0.326. The maximum absolute atomic E-state index is 11.5. The largest absolute Gasteiger partial charge is 0.442 e. The summed E-state index contributed by atoms with van der Waals surface area (Å²) < 4.78 is 5.04. The molecule has 0 spiro atoms. The van der Waals surface area contributed by atoms with Crippen molar-refractivity contribution >= 4 is 6.09 Å². The fourth-order valence-corrected chi connectivity index (χ4v) is 2.72. The number of amides is 1. The predicted molar refractivity (Wildman–Crippen MR) is 63.8 cm³/mol. The number of hydrogen-bond donors (Lipinski definition) is 1. The normalized spacial score (nSPS) is 30.7. The summed E-state index contributed by atoms with van der Waals surface area (Å²) in [5.41, 5.74) is 0. The summed E-state index contributed by atoms with van der Waals surface area (Å²) in [6.45, 7) is 6.74. The lowest BCUT2D eigenvalue weighted by molar-refractivity contribution is 0.0938. The van der Waals surface area contributed by atoms with Gasteiger partial charge in [0, 0.05) is 13.1 Å². The molecule has 1 amide bonds. The van der Waals surface area contributed by atoms with Crippen LogP contribution in [0.1, 0.15) is 19.8 Å². The van der Waals surface area contributed by atoms with Crippen LogP contribution in [0.5, 0.6) is 0 Å². The van der Waals surface area contributed by atoms with Crippen LogP contribution in [0.25, 0.3) is 0 Å². The van der Waals surface area contributed by atoms with Crippen LogP contribution in [-0.4, -0.2) is 66.4 Å². The van der Waals surface area contributed by atoms with E-state index in [0.717, 1.165) is 19.6 Å². The van der Waals surface area contributed by atoms with Crippen molar-refractivity contribution in [1.29, 1.82) is 0 Å². The smallest absolute Gasteiger partial charge is 0.410 e. The van der Waals surface area contributed by atoms with Gasteiger partial charge in [-0.1, -0.05) is 6.92 Å². The van der Waals surface area contributed by atoms with Gasteiger partial charge >= 0.3 is 6.09 Å². The topological polar surface area (TPSA) is 53.0 Å². The second-order valence-electron chi connectivity index (χ2n) is 4.99. The van der Waals surface area contributed by atoms with Crippen LogP contribution in [0.3, 0.4) is 0 Å². The van der Waals surface area contributed by atoms with E-state index in [9.17, 15) is 4.79 Å². The monoisotopic (exact) mass is 242 g/mol. The van der Waals surface area contributed by atoms with E-state index in [2.05, 4.69) is 11.8 Å². The summed E-state index contributed by atoms with van der Waals surface area (Å²) in [6, 6.07) is 0. The zero-order chi connectivity index (χ0) is 12.3. The first-order valence-corrected chi connectivity index (χ1v) is 6.51. The standard InChI is InChI=1S/C12H22N2O3/c1-2-13-5-3-4-10(6-13)7-14-8-11(9-15)17-12(14)16/h10-11,15H,2-9H2,1H3/t10?,11-/m1/s1. The number of rotatable bonds is 4. The van der Waals surface area contributed by atoms with E-state index in [1.165, 1.54) is 19.4 Å². The van der Waals surface area contributed by atoms with E-state index in [0.29, 0.717) is 12.5 Å². The quantitative estimate of drug-likeness (QED) is 0.781. The maximum Gasteiger partial charge on any atom is 0.410 e. The van der Waals surface area contributed by atoms with E-state index >= 15 is 0 Å². The lowest BCUT2D eigenvalue weighted by Gasteiger charge is -2.33. The molecule has 2 aliphatic heterocycles. The van der Waals surface area contributed by atoms with Gasteiger partial charge in [-0.15, -0.1) is 0 Å². The summed E-state index contributed by atoms with van der Waals surface area (Å²) in [7, 11) is 0. The lowest BCUT2D eigenvalue weighted by Crippen LogP contribution is -2.41. The summed E-state index contributed by atoms with van der Waals surface area (Å²) in [4.78, 5) is 15.7. The van der Waals surface area contributed by atoms with Crippen molar-refractivity contribution in [3.8, 4) is 0 Å². The molecule has 1 N–H and O–H groups in total. The molecule has 0 aromatic heterocycles. The number of carbonyl (C=O) groups excluding carboxylic acids is 1. The van der Waals surface area contributed by atoms with E-state index in [1.54, 1.807) is 4.90 Å². The molecule has 5 heteroatoms. The Balaban J connectivity index is 1.82. The van der Waals surface area contributed by atoms with Crippen LogP contribution < -0.4 is 0 Å². The Labute approximate surface area is 102 Å². The van der Waals surface area contributed by atoms with Crippen LogP contribution in [0, 0.1) is 5.92 Å². The van der Waals surface area contributed by atoms with Crippen LogP contribution in [0.15, 0.2) is 0 Å². The van der Waals surface area contributed by atoms with Gasteiger partial charge in [0.15, 0.2) is 0 Å². The van der Waals surface area contributed by atoms with Crippen LogP contribution in [-0.2, 0) is 4.74 Å². The van der Waals surface area contributed by atoms with E-state index in [1.807, 2.05) is 0 Å². The SMILES string of the molecule is CCN1CCCC(CN2C[C@H](CO)OC2=O)C1. The molecule has 0 bridgehead atoms. The van der Waals surface area contributed by atoms with Gasteiger partial charge in [-0.2, -0.15) is 0 Å². The molecule has 2 heterocycles. The fourth-order valence-electron chi connectivity index (χ4n) is 2.72. The number of nitrogens with zero attached hydrogens (tertiary/aromatic N) is 2. The van der Waals surface area contributed by atoms with Crippen molar-refractivity contribution in [2.24, 2.45) is 5.92 Å². The molecular weight excluding hydrogens is 220 g/mol. The van der Waals surface area contributed by atoms with Gasteiger partial charge in [-0.3, -0.25) is 0 Å². The number of hydrogen-bond acceptors (Lipinski definition) is 4. The number of cyclic esters (lactones) is 1. The van der Waals surface area contributed by atoms with Gasteiger partial charge in [0.1, 0.15) is 6.10 Å². The van der Waals surface area contributed by atoms with Crippen molar-refractivity contribution < 1.29 is 14.6 Å². The molecule has 0 aliphatic carbocycles. The molecule has 2 rings (SSSR count). The molecule has 0 radical (unpaired) electrons. The Morgan fingerprint density at radius 2 is 2.29 bits per heavy atom. The van der Waals surface area contributed by atoms with Crippen molar-refractivity contribution in [3.63, 3.8) is 0 Å². The number of carbonyl (C=O) groups is 1. The Morgan fingerprint density at radius 3 is 2.94 bits per heavy atom. The highest BCUT2D eigenvalue weighted by Gasteiger charge is 2.33. The average Bonchev–Trinajstić information content (AvgIpc) is 2.70. The fraction of sp³-hybridized carbons (Fsp3) is 0.917. The molecular formula is C12H22N2O3. The van der Waals surface area contributed by atoms with E-state index in [-0.39, 0.29) is 18.8 Å². The average molecular weight is 242 g/mol. The van der Waals surface area contributed by atoms with Gasteiger partial charge < -0.3 is 19.6 Å². The van der Waals surface area contributed by atoms with Gasteiger partial charge in [0.25, 0.3) is 0 Å². The summed E-state index contributed by atoms with van der Waals surface area (Å²) in [6.07, 6.45) is 1.81. The molecule has 0 aromatic rings. The maximum atomic E-state index is 11.5. The highest BCUT2D eigenvalue weighted by molar-refractivity contribution is 5.69. The van der Waals surface area contributed by atoms with E-state index < -0.39 is 0 Å². The van der Waals surface area contributed by atoms with Crippen molar-refractivity contribution in [1.82, 2.24) is 9.80 Å². The molecule has 0 saturated carbocycles. The third-order valence-electron chi connectivity index (χ3n) is 3.68. The third kappa shape index (κ3) is 3.10. The van der Waals surface area contributed by atoms with E-state index in [4.69, 9.17) is 9.84 Å². The first kappa shape index (κ1) is 12.6. The molecule has 98 valence electrons. The molecule has 2 aliphatic rings. The Morgan fingerprint density at radius 1 is 1.47 bits per heavy atom. The van der Waals surface area contributed by atoms with Gasteiger partial charge in [-0.05, 0) is 31.8 Å². The number of piperidine rings is 1. The van der Waals surface area contributed by atoms with Gasteiger partial charge in [0.05, 0.1) is 13.2 Å². The zero-order valence-corrected chi connectivity index (χ0v) is 10.5. The molecule has 2 saturated heterocycles. The summed E-state index contributed by atoms with van der Waals surface area (Å²) in [5, 5.41) is 8.98. The Kier molecular flexibility index (Phi) is 4.23. The number of aliphatic hydroxyl groups excluding tert-OH is 1. The minimum Gasteiger partial charge on any atom is -0.442 e. The van der Waals surface area contributed by atoms with Crippen molar-refractivity contribution in [3.05, 3.63) is 0 Å². The molecule has 5 nitrogen and oxygen atoms in total. The minimum absolute atomic E-state index is 0.0754. The van der Waals surface area contributed by atoms with Crippen LogP contribution >= 0.6 is 0 Å². The highest BCUT2D eigenvalue weighted by Crippen LogP contribution is 2.20. The highest BCUT2D eigenvalue weighted by atomic mass is 16.6. The molecule has 17 heavy (non-hydrogen) atoms. The van der Waals surface area contributed by atoms with Crippen LogP contribution in [0.4, 0.5) is 4.79 Å². The third-order valence-corrected chi connectivity index (χ3v) is 3.68. The second kappa shape index (κ2) is 5.69. The second-order valence-corrected chi connectivity index (χ2v) is 4.99. The first-order chi connectivity index (χ1) is 8.22. The number of aliphatic hydroxyl groups is 1. The summed E-state index contributed by atoms with van der Waals surface area (Å²) >= 11 is 0. The Hall–Kier alpha value is -0.810. The molecule has 1 unspecified atom stereocenters. The van der Waals surface area contributed by atoms with Crippen molar-refractivity contribution in [2.45, 2.75) is 25.9 Å². The van der Waals surface area contributed by atoms with Crippen LogP contribution in [0.2, 0.25) is 0 Å². The molecule has 2 fully saturated rings. The summed E-state index contributed by atoms with van der Waals surface area (Å²) in [5.74, 6) is 0.550. The predicted octanol–water partition coefficient (Wildman–Crippen LogP) is 0.531.